The molecule has 0 aliphatic rings. The van der Waals surface area contributed by atoms with Crippen LogP contribution in [0.4, 0.5) is 0 Å². The topological polar surface area (TPSA) is 75.6 Å². The van der Waals surface area contributed by atoms with Crippen molar-refractivity contribution in [2.24, 2.45) is 0 Å². The van der Waals surface area contributed by atoms with E-state index in [1.165, 1.54) is 6.07 Å². The van der Waals surface area contributed by atoms with Crippen LogP contribution in [0.5, 0.6) is 5.75 Å². The number of nitrogens with one attached hydrogen (secondary N) is 1. The van der Waals surface area contributed by atoms with Crippen molar-refractivity contribution in [3.63, 3.8) is 0 Å². The number of hydrogen-bond donors (Lipinski definition) is 2. The van der Waals surface area contributed by atoms with Gasteiger partial charge >= 0.3 is 5.97 Å². The lowest BCUT2D eigenvalue weighted by Gasteiger charge is -2.09. The molecule has 0 saturated heterocycles. The molecule has 0 radical (unpaired) electrons. The van der Waals surface area contributed by atoms with Gasteiger partial charge in [0.25, 0.3) is 0 Å². The average molecular weight is 316 g/mol. The van der Waals surface area contributed by atoms with Crippen LogP contribution < -0.4 is 10.1 Å². The van der Waals surface area contributed by atoms with Gasteiger partial charge in [-0.25, -0.2) is 4.79 Å². The van der Waals surface area contributed by atoms with Gasteiger partial charge < -0.3 is 15.2 Å². The molecule has 18 heavy (non-hydrogen) atoms. The Bertz CT molecular complexity index is 448. The van der Waals surface area contributed by atoms with E-state index in [0.717, 1.165) is 4.47 Å². The highest BCUT2D eigenvalue weighted by Crippen LogP contribution is 2.24. The van der Waals surface area contributed by atoms with Gasteiger partial charge in [-0.1, -0.05) is 15.9 Å². The smallest absolute Gasteiger partial charge is 0.339 e. The molecular weight excluding hydrogens is 302 g/mol. The van der Waals surface area contributed by atoms with Crippen LogP contribution in [0.25, 0.3) is 0 Å². The Hall–Kier alpha value is -1.56. The van der Waals surface area contributed by atoms with Crippen LogP contribution in [0, 0.1) is 0 Å². The largest absolute Gasteiger partial charge is 0.493 e. The fraction of sp³-hybridized carbons (Fsp3) is 0.333. The van der Waals surface area contributed by atoms with Crippen LogP contribution >= 0.6 is 15.9 Å². The molecule has 0 fully saturated rings. The van der Waals surface area contributed by atoms with Gasteiger partial charge in [0, 0.05) is 17.9 Å². The maximum atomic E-state index is 11.0. The molecule has 0 unspecified atom stereocenters. The van der Waals surface area contributed by atoms with Gasteiger partial charge in [0.05, 0.1) is 6.61 Å². The Morgan fingerprint density at radius 2 is 2.17 bits per heavy atom. The highest BCUT2D eigenvalue weighted by Gasteiger charge is 2.11. The fourth-order valence-electron chi connectivity index (χ4n) is 1.33. The van der Waals surface area contributed by atoms with Crippen LogP contribution in [0.3, 0.4) is 0 Å². The van der Waals surface area contributed by atoms with Gasteiger partial charge in [0.15, 0.2) is 0 Å². The van der Waals surface area contributed by atoms with Crippen molar-refractivity contribution in [3.8, 4) is 5.75 Å². The van der Waals surface area contributed by atoms with E-state index in [4.69, 9.17) is 9.84 Å². The van der Waals surface area contributed by atoms with Crippen molar-refractivity contribution in [2.45, 2.75) is 12.8 Å². The summed E-state index contributed by atoms with van der Waals surface area (Å²) in [5.74, 6) is -0.802. The molecule has 0 heterocycles. The number of benzene rings is 1. The summed E-state index contributed by atoms with van der Waals surface area (Å²) in [7, 11) is 1.57. The monoisotopic (exact) mass is 315 g/mol. The molecule has 6 heteroatoms. The van der Waals surface area contributed by atoms with Crippen molar-refractivity contribution in [1.29, 1.82) is 0 Å². The highest BCUT2D eigenvalue weighted by atomic mass is 79.9. The Labute approximate surface area is 113 Å². The van der Waals surface area contributed by atoms with Crippen molar-refractivity contribution < 1.29 is 19.4 Å². The lowest BCUT2D eigenvalue weighted by molar-refractivity contribution is -0.120. The molecule has 5 nitrogen and oxygen atoms in total. The third-order valence-corrected chi connectivity index (χ3v) is 2.75. The lowest BCUT2D eigenvalue weighted by Crippen LogP contribution is -2.18. The SMILES string of the molecule is CNC(=O)CCCOc1cc(Br)ccc1C(=O)O. The van der Waals surface area contributed by atoms with E-state index in [1.807, 2.05) is 0 Å². The number of hydrogen-bond acceptors (Lipinski definition) is 3. The summed E-state index contributed by atoms with van der Waals surface area (Å²) in [6.07, 6.45) is 0.887. The van der Waals surface area contributed by atoms with E-state index in [1.54, 1.807) is 19.2 Å². The van der Waals surface area contributed by atoms with Gasteiger partial charge in [0.2, 0.25) is 5.91 Å². The van der Waals surface area contributed by atoms with Gasteiger partial charge in [-0.15, -0.1) is 0 Å². The molecule has 1 aromatic rings. The zero-order chi connectivity index (χ0) is 13.5. The molecule has 1 amide bonds. The van der Waals surface area contributed by atoms with Crippen LogP contribution in [0.1, 0.15) is 23.2 Å². The molecule has 0 atom stereocenters. The molecule has 98 valence electrons. The van der Waals surface area contributed by atoms with Gasteiger partial charge in [-0.3, -0.25) is 4.79 Å². The van der Waals surface area contributed by atoms with Crippen molar-refractivity contribution in [3.05, 3.63) is 28.2 Å². The summed E-state index contributed by atoms with van der Waals surface area (Å²) in [5.41, 5.74) is 0.109. The first kappa shape index (κ1) is 14.5. The molecular formula is C12H14BrNO4. The normalized spacial score (nSPS) is 9.89. The predicted molar refractivity (Wildman–Crippen MR) is 69.9 cm³/mol. The minimum atomic E-state index is -1.04. The first-order chi connectivity index (χ1) is 8.54. The maximum absolute atomic E-state index is 11.0. The summed E-state index contributed by atoms with van der Waals surface area (Å²) in [6.45, 7) is 0.296. The third kappa shape index (κ3) is 4.37. The average Bonchev–Trinajstić information content (AvgIpc) is 2.34. The molecule has 0 aliphatic carbocycles. The molecule has 1 rings (SSSR count). The minimum Gasteiger partial charge on any atom is -0.493 e. The number of carboxylic acids is 1. The van der Waals surface area contributed by atoms with Crippen LogP contribution in [-0.2, 0) is 4.79 Å². The number of aromatic carboxylic acids is 1. The molecule has 0 saturated carbocycles. The molecule has 0 aromatic heterocycles. The Balaban J connectivity index is 2.58. The fourth-order valence-corrected chi connectivity index (χ4v) is 1.67. The Morgan fingerprint density at radius 1 is 1.44 bits per heavy atom. The van der Waals surface area contributed by atoms with E-state index in [2.05, 4.69) is 21.2 Å². The number of carbonyl (C=O) groups excluding carboxylic acids is 1. The van der Waals surface area contributed by atoms with Crippen molar-refractivity contribution in [1.82, 2.24) is 5.32 Å². The van der Waals surface area contributed by atoms with Crippen LogP contribution in [-0.4, -0.2) is 30.6 Å². The molecule has 0 aliphatic heterocycles. The van der Waals surface area contributed by atoms with E-state index < -0.39 is 5.97 Å². The zero-order valence-corrected chi connectivity index (χ0v) is 11.5. The summed E-state index contributed by atoms with van der Waals surface area (Å²) in [6, 6.07) is 4.71. The lowest BCUT2D eigenvalue weighted by atomic mass is 10.2. The number of rotatable bonds is 6. The first-order valence-electron chi connectivity index (χ1n) is 5.41. The number of amides is 1. The number of carboxylic acid groups (broad SMARTS) is 1. The van der Waals surface area contributed by atoms with E-state index in [9.17, 15) is 9.59 Å². The molecule has 1 aromatic carbocycles. The molecule has 0 bridgehead atoms. The van der Waals surface area contributed by atoms with E-state index in [0.29, 0.717) is 25.2 Å². The summed E-state index contributed by atoms with van der Waals surface area (Å²) in [4.78, 5) is 21.9. The standard InChI is InChI=1S/C12H14BrNO4/c1-14-11(15)3-2-6-18-10-7-8(13)4-5-9(10)12(16)17/h4-5,7H,2-3,6H2,1H3,(H,14,15)(H,16,17). The van der Waals surface area contributed by atoms with Gasteiger partial charge in [-0.2, -0.15) is 0 Å². The molecule has 2 N–H and O–H groups in total. The number of carbonyl (C=O) groups is 2. The quantitative estimate of drug-likeness (QED) is 0.788. The number of ether oxygens (including phenoxy) is 1. The Morgan fingerprint density at radius 3 is 2.78 bits per heavy atom. The molecule has 0 spiro atoms. The number of halogens is 1. The summed E-state index contributed by atoms with van der Waals surface area (Å²) < 4.78 is 6.13. The maximum Gasteiger partial charge on any atom is 0.339 e. The first-order valence-corrected chi connectivity index (χ1v) is 6.20. The van der Waals surface area contributed by atoms with E-state index >= 15 is 0 Å². The second-order valence-corrected chi connectivity index (χ2v) is 4.49. The highest BCUT2D eigenvalue weighted by molar-refractivity contribution is 9.10. The zero-order valence-electron chi connectivity index (χ0n) is 9.90. The van der Waals surface area contributed by atoms with Crippen molar-refractivity contribution in [2.75, 3.05) is 13.7 Å². The summed E-state index contributed by atoms with van der Waals surface area (Å²) in [5, 5.41) is 11.5. The van der Waals surface area contributed by atoms with E-state index in [-0.39, 0.29) is 11.5 Å². The minimum absolute atomic E-state index is 0.0636. The van der Waals surface area contributed by atoms with Crippen LogP contribution in [0.2, 0.25) is 0 Å². The Kier molecular flexibility index (Phi) is 5.64. The predicted octanol–water partition coefficient (Wildman–Crippen LogP) is 2.05. The second-order valence-electron chi connectivity index (χ2n) is 3.57. The summed E-state index contributed by atoms with van der Waals surface area (Å²) >= 11 is 3.25. The van der Waals surface area contributed by atoms with Gasteiger partial charge in [0.1, 0.15) is 11.3 Å². The van der Waals surface area contributed by atoms with Crippen molar-refractivity contribution >= 4 is 27.8 Å². The third-order valence-electron chi connectivity index (χ3n) is 2.26. The van der Waals surface area contributed by atoms with Gasteiger partial charge in [-0.05, 0) is 24.6 Å². The van der Waals surface area contributed by atoms with Crippen LogP contribution in [0.15, 0.2) is 22.7 Å². The second kappa shape index (κ2) is 7.00.